The van der Waals surface area contributed by atoms with Crippen LogP contribution in [0.5, 0.6) is 5.88 Å². The lowest BCUT2D eigenvalue weighted by atomic mass is 10.1. The lowest BCUT2D eigenvalue weighted by Gasteiger charge is -2.29. The molecule has 2 N–H and O–H groups in total. The highest BCUT2D eigenvalue weighted by atomic mass is 16.5. The van der Waals surface area contributed by atoms with Crippen LogP contribution in [0.2, 0.25) is 0 Å². The molecule has 0 bridgehead atoms. The molecule has 4 aromatic rings. The normalized spacial score (nSPS) is 14.2. The van der Waals surface area contributed by atoms with E-state index >= 15 is 0 Å². The molecular weight excluding hydrogens is 378 g/mol. The third-order valence-electron chi connectivity index (χ3n) is 5.44. The molecule has 2 aromatic heterocycles. The number of hydrogen-bond donors (Lipinski definition) is 1. The number of fused-ring (bicyclic) bond motifs is 1. The summed E-state index contributed by atoms with van der Waals surface area (Å²) >= 11 is 0. The molecule has 152 valence electrons. The molecule has 0 spiro atoms. The SMILES string of the molecule is COc1ncccc1-c1ccc2nc(N)n(-c3ccc(N4CCOCC4)cc3)c2c1. The van der Waals surface area contributed by atoms with Crippen molar-refractivity contribution in [1.82, 2.24) is 14.5 Å². The van der Waals surface area contributed by atoms with Gasteiger partial charge in [0.1, 0.15) is 0 Å². The Morgan fingerprint density at radius 1 is 1.00 bits per heavy atom. The molecule has 0 atom stereocenters. The molecule has 5 rings (SSSR count). The number of nitrogens with zero attached hydrogens (tertiary/aromatic N) is 4. The van der Waals surface area contributed by atoms with Gasteiger partial charge in [-0.25, -0.2) is 9.97 Å². The van der Waals surface area contributed by atoms with Crippen LogP contribution in [-0.2, 0) is 4.74 Å². The van der Waals surface area contributed by atoms with Gasteiger partial charge in [-0.05, 0) is 54.1 Å². The number of nitrogens with two attached hydrogens (primary N) is 1. The van der Waals surface area contributed by atoms with Gasteiger partial charge in [-0.15, -0.1) is 0 Å². The molecule has 1 aliphatic rings. The van der Waals surface area contributed by atoms with Crippen LogP contribution in [-0.4, -0.2) is 47.9 Å². The van der Waals surface area contributed by atoms with Crippen LogP contribution in [0.15, 0.2) is 60.8 Å². The van der Waals surface area contributed by atoms with E-state index in [1.54, 1.807) is 13.3 Å². The number of imidazole rings is 1. The average Bonchev–Trinajstić information content (AvgIpc) is 3.14. The van der Waals surface area contributed by atoms with E-state index in [0.29, 0.717) is 11.8 Å². The number of nitrogen functional groups attached to an aromatic ring is 1. The van der Waals surface area contributed by atoms with Crippen molar-refractivity contribution in [3.05, 3.63) is 60.8 Å². The Balaban J connectivity index is 1.56. The highest BCUT2D eigenvalue weighted by molar-refractivity contribution is 5.86. The lowest BCUT2D eigenvalue weighted by Crippen LogP contribution is -2.36. The van der Waals surface area contributed by atoms with Crippen molar-refractivity contribution in [2.75, 3.05) is 44.0 Å². The third kappa shape index (κ3) is 3.23. The second-order valence-corrected chi connectivity index (χ2v) is 7.18. The summed E-state index contributed by atoms with van der Waals surface area (Å²) in [6, 6.07) is 18.4. The van der Waals surface area contributed by atoms with Gasteiger partial charge in [-0.3, -0.25) is 4.57 Å². The Hall–Kier alpha value is -3.58. The van der Waals surface area contributed by atoms with E-state index in [2.05, 4.69) is 45.2 Å². The first-order chi connectivity index (χ1) is 14.7. The maximum absolute atomic E-state index is 6.30. The second-order valence-electron chi connectivity index (χ2n) is 7.18. The highest BCUT2D eigenvalue weighted by Gasteiger charge is 2.15. The zero-order chi connectivity index (χ0) is 20.5. The molecule has 0 radical (unpaired) electrons. The maximum Gasteiger partial charge on any atom is 0.221 e. The summed E-state index contributed by atoms with van der Waals surface area (Å²) in [6.45, 7) is 3.35. The molecule has 0 unspecified atom stereocenters. The fraction of sp³-hybridized carbons (Fsp3) is 0.217. The number of pyridine rings is 1. The number of benzene rings is 2. The van der Waals surface area contributed by atoms with Crippen molar-refractivity contribution < 1.29 is 9.47 Å². The lowest BCUT2D eigenvalue weighted by molar-refractivity contribution is 0.122. The molecule has 0 saturated carbocycles. The summed E-state index contributed by atoms with van der Waals surface area (Å²) in [5.41, 5.74) is 12.2. The predicted molar refractivity (Wildman–Crippen MR) is 118 cm³/mol. The van der Waals surface area contributed by atoms with E-state index in [1.165, 1.54) is 5.69 Å². The predicted octanol–water partition coefficient (Wildman–Crippen LogP) is 3.51. The smallest absolute Gasteiger partial charge is 0.221 e. The van der Waals surface area contributed by atoms with Gasteiger partial charge in [0.2, 0.25) is 11.8 Å². The summed E-state index contributed by atoms with van der Waals surface area (Å²) in [6.07, 6.45) is 1.72. The van der Waals surface area contributed by atoms with Crippen LogP contribution in [0.4, 0.5) is 11.6 Å². The van der Waals surface area contributed by atoms with Crippen molar-refractivity contribution >= 4 is 22.7 Å². The fourth-order valence-electron chi connectivity index (χ4n) is 3.94. The summed E-state index contributed by atoms with van der Waals surface area (Å²) in [5.74, 6) is 1.05. The number of anilines is 2. The van der Waals surface area contributed by atoms with Gasteiger partial charge in [0.05, 0.1) is 31.4 Å². The Morgan fingerprint density at radius 2 is 1.77 bits per heavy atom. The molecule has 2 aromatic carbocycles. The number of rotatable bonds is 4. The molecule has 0 aliphatic carbocycles. The molecule has 1 aliphatic heterocycles. The molecule has 1 fully saturated rings. The van der Waals surface area contributed by atoms with Crippen molar-refractivity contribution in [2.45, 2.75) is 0 Å². The fourth-order valence-corrected chi connectivity index (χ4v) is 3.94. The number of morpholine rings is 1. The maximum atomic E-state index is 6.30. The van der Waals surface area contributed by atoms with Crippen LogP contribution < -0.4 is 15.4 Å². The Bertz CT molecular complexity index is 1180. The topological polar surface area (TPSA) is 78.4 Å². The number of ether oxygens (including phenoxy) is 2. The van der Waals surface area contributed by atoms with Gasteiger partial charge in [-0.2, -0.15) is 0 Å². The van der Waals surface area contributed by atoms with Gasteiger partial charge >= 0.3 is 0 Å². The Labute approximate surface area is 174 Å². The van der Waals surface area contributed by atoms with Gasteiger partial charge in [0, 0.05) is 36.2 Å². The van der Waals surface area contributed by atoms with Gasteiger partial charge in [0.25, 0.3) is 0 Å². The van der Waals surface area contributed by atoms with E-state index in [0.717, 1.165) is 54.2 Å². The number of methoxy groups -OCH3 is 1. The van der Waals surface area contributed by atoms with Gasteiger partial charge < -0.3 is 20.1 Å². The Morgan fingerprint density at radius 3 is 2.53 bits per heavy atom. The zero-order valence-corrected chi connectivity index (χ0v) is 16.8. The van der Waals surface area contributed by atoms with Crippen LogP contribution >= 0.6 is 0 Å². The van der Waals surface area contributed by atoms with Crippen molar-refractivity contribution in [1.29, 1.82) is 0 Å². The standard InChI is InChI=1S/C23H23N5O2/c1-29-22-19(3-2-10-25-22)16-4-9-20-21(15-16)28(23(24)26-20)18-7-5-17(6-8-18)27-11-13-30-14-12-27/h2-10,15H,11-14H2,1H3,(H2,24,26). The van der Waals surface area contributed by atoms with Crippen LogP contribution in [0, 0.1) is 0 Å². The molecule has 30 heavy (non-hydrogen) atoms. The summed E-state index contributed by atoms with van der Waals surface area (Å²) in [7, 11) is 1.63. The van der Waals surface area contributed by atoms with E-state index in [1.807, 2.05) is 28.8 Å². The molecule has 7 heteroatoms. The minimum Gasteiger partial charge on any atom is -0.481 e. The van der Waals surface area contributed by atoms with E-state index in [-0.39, 0.29) is 0 Å². The average molecular weight is 401 g/mol. The number of aromatic nitrogens is 3. The molecular formula is C23H23N5O2. The van der Waals surface area contributed by atoms with Gasteiger partial charge in [-0.1, -0.05) is 6.07 Å². The first-order valence-corrected chi connectivity index (χ1v) is 9.95. The molecule has 7 nitrogen and oxygen atoms in total. The molecule has 0 amide bonds. The van der Waals surface area contributed by atoms with E-state index in [9.17, 15) is 0 Å². The molecule has 1 saturated heterocycles. The van der Waals surface area contributed by atoms with Crippen LogP contribution in [0.1, 0.15) is 0 Å². The zero-order valence-electron chi connectivity index (χ0n) is 16.8. The van der Waals surface area contributed by atoms with Crippen molar-refractivity contribution in [2.24, 2.45) is 0 Å². The number of hydrogen-bond acceptors (Lipinski definition) is 6. The highest BCUT2D eigenvalue weighted by Crippen LogP contribution is 2.32. The monoisotopic (exact) mass is 401 g/mol. The van der Waals surface area contributed by atoms with Crippen molar-refractivity contribution in [3.8, 4) is 22.7 Å². The Kier molecular flexibility index (Phi) is 4.72. The first-order valence-electron chi connectivity index (χ1n) is 9.95. The van der Waals surface area contributed by atoms with E-state index < -0.39 is 0 Å². The molecule has 3 heterocycles. The summed E-state index contributed by atoms with van der Waals surface area (Å²) in [5, 5.41) is 0. The minimum absolute atomic E-state index is 0.458. The van der Waals surface area contributed by atoms with Crippen LogP contribution in [0.3, 0.4) is 0 Å². The van der Waals surface area contributed by atoms with Crippen molar-refractivity contribution in [3.63, 3.8) is 0 Å². The van der Waals surface area contributed by atoms with Crippen LogP contribution in [0.25, 0.3) is 27.8 Å². The quantitative estimate of drug-likeness (QED) is 0.564. The summed E-state index contributed by atoms with van der Waals surface area (Å²) < 4.78 is 12.9. The third-order valence-corrected chi connectivity index (χ3v) is 5.44. The van der Waals surface area contributed by atoms with E-state index in [4.69, 9.17) is 15.2 Å². The summed E-state index contributed by atoms with van der Waals surface area (Å²) in [4.78, 5) is 11.2. The largest absolute Gasteiger partial charge is 0.481 e. The minimum atomic E-state index is 0.458. The second kappa shape index (κ2) is 7.68. The first kappa shape index (κ1) is 18.4. The van der Waals surface area contributed by atoms with Gasteiger partial charge in [0.15, 0.2) is 0 Å².